The first-order chi connectivity index (χ1) is 7.13. The van der Waals surface area contributed by atoms with E-state index in [1.54, 1.807) is 0 Å². The molecule has 0 rings (SSSR count). The number of carbonyl (C=O) groups is 2. The maximum Gasteiger partial charge on any atom is 0.355 e. The summed E-state index contributed by atoms with van der Waals surface area (Å²) in [4.78, 5) is 22.1. The third kappa shape index (κ3) is 4.33. The van der Waals surface area contributed by atoms with Crippen molar-refractivity contribution in [3.05, 3.63) is 0 Å². The fourth-order valence-corrected chi connectivity index (χ4v) is 1.20. The maximum absolute atomic E-state index is 11.3. The number of carbonyl (C=O) groups excluding carboxylic acids is 1. The van der Waals surface area contributed by atoms with Crippen LogP contribution in [0.1, 0.15) is 13.8 Å². The fraction of sp³-hybridized carbons (Fsp3) is 0.714. The monoisotopic (exact) mass is 274 g/mol. The zero-order valence-electron chi connectivity index (χ0n) is 8.60. The second kappa shape index (κ2) is 5.46. The van der Waals surface area contributed by atoms with Gasteiger partial charge in [0.25, 0.3) is 0 Å². The van der Waals surface area contributed by atoms with E-state index in [9.17, 15) is 18.0 Å². The molecule has 0 heterocycles. The van der Waals surface area contributed by atoms with Crippen LogP contribution in [0, 0.1) is 5.41 Å². The maximum atomic E-state index is 11.3. The van der Waals surface area contributed by atoms with E-state index in [4.69, 9.17) is 15.8 Å². The third-order valence-electron chi connectivity index (χ3n) is 1.69. The molecule has 0 saturated heterocycles. The van der Waals surface area contributed by atoms with Crippen molar-refractivity contribution in [1.82, 2.24) is 0 Å². The molecule has 7 nitrogen and oxygen atoms in total. The van der Waals surface area contributed by atoms with E-state index in [0.29, 0.717) is 0 Å². The summed E-state index contributed by atoms with van der Waals surface area (Å²) in [5.41, 5.74) is -2.11. The highest BCUT2D eigenvalue weighted by Gasteiger charge is 2.44. The van der Waals surface area contributed by atoms with Gasteiger partial charge in [-0.3, -0.25) is 13.8 Å². The van der Waals surface area contributed by atoms with E-state index in [2.05, 4.69) is 8.92 Å². The summed E-state index contributed by atoms with van der Waals surface area (Å²) in [6.45, 7) is 1.51. The van der Waals surface area contributed by atoms with Gasteiger partial charge in [0.1, 0.15) is 0 Å². The lowest BCUT2D eigenvalue weighted by atomic mass is 9.92. The van der Waals surface area contributed by atoms with Gasteiger partial charge in [-0.25, -0.2) is 0 Å². The van der Waals surface area contributed by atoms with E-state index >= 15 is 0 Å². The Morgan fingerprint density at radius 1 is 1.44 bits per heavy atom. The van der Waals surface area contributed by atoms with Crippen molar-refractivity contribution in [2.24, 2.45) is 5.41 Å². The van der Waals surface area contributed by atoms with Gasteiger partial charge in [-0.2, -0.15) is 8.42 Å². The highest BCUT2D eigenvalue weighted by Crippen LogP contribution is 2.21. The molecule has 0 aromatic carbocycles. The van der Waals surface area contributed by atoms with Gasteiger partial charge in [-0.1, -0.05) is 0 Å². The number of hydrogen-bond acceptors (Lipinski definition) is 6. The van der Waals surface area contributed by atoms with Gasteiger partial charge < -0.3 is 9.84 Å². The average Bonchev–Trinajstić information content (AvgIpc) is 2.13. The lowest BCUT2D eigenvalue weighted by Gasteiger charge is -2.20. The molecule has 0 aliphatic heterocycles. The molecule has 0 amide bonds. The number of carboxylic acid groups (broad SMARTS) is 1. The van der Waals surface area contributed by atoms with Crippen LogP contribution >= 0.6 is 10.7 Å². The summed E-state index contributed by atoms with van der Waals surface area (Å²) < 4.78 is 29.5. The minimum absolute atomic E-state index is 0.0324. The summed E-state index contributed by atoms with van der Waals surface area (Å²) in [6.07, 6.45) is 0. The first-order valence-corrected chi connectivity index (χ1v) is 6.36. The van der Waals surface area contributed by atoms with Crippen molar-refractivity contribution in [3.63, 3.8) is 0 Å². The first kappa shape index (κ1) is 15.1. The van der Waals surface area contributed by atoms with E-state index < -0.39 is 33.3 Å². The highest BCUT2D eigenvalue weighted by molar-refractivity contribution is 8.09. The topological polar surface area (TPSA) is 107 Å². The molecule has 1 unspecified atom stereocenters. The zero-order valence-corrected chi connectivity index (χ0v) is 10.2. The minimum Gasteiger partial charge on any atom is -0.480 e. The van der Waals surface area contributed by atoms with Crippen LogP contribution in [0.2, 0.25) is 0 Å². The van der Waals surface area contributed by atoms with E-state index in [-0.39, 0.29) is 6.61 Å². The van der Waals surface area contributed by atoms with Gasteiger partial charge in [-0.15, -0.1) is 0 Å². The molecule has 0 bridgehead atoms. The van der Waals surface area contributed by atoms with Gasteiger partial charge in [0.05, 0.1) is 13.2 Å². The molecule has 0 radical (unpaired) electrons. The van der Waals surface area contributed by atoms with Crippen molar-refractivity contribution < 1.29 is 32.0 Å². The van der Waals surface area contributed by atoms with Crippen LogP contribution in [-0.4, -0.2) is 38.7 Å². The Labute approximate surface area is 96.9 Å². The molecule has 1 N–H and O–H groups in total. The van der Waals surface area contributed by atoms with Crippen molar-refractivity contribution >= 4 is 32.0 Å². The Morgan fingerprint density at radius 3 is 2.25 bits per heavy atom. The number of halogens is 1. The summed E-state index contributed by atoms with van der Waals surface area (Å²) in [7, 11) is 0.392. The van der Waals surface area contributed by atoms with E-state index in [1.165, 1.54) is 6.92 Å². The molecule has 0 aromatic heterocycles. The van der Waals surface area contributed by atoms with E-state index in [1.807, 2.05) is 0 Å². The Morgan fingerprint density at radius 2 is 1.94 bits per heavy atom. The summed E-state index contributed by atoms with van der Waals surface area (Å²) in [5, 5.41) is 8.81. The molecule has 0 saturated carbocycles. The van der Waals surface area contributed by atoms with Crippen molar-refractivity contribution in [1.29, 1.82) is 0 Å². The van der Waals surface area contributed by atoms with Crippen molar-refractivity contribution in [2.45, 2.75) is 13.8 Å². The first-order valence-electron chi connectivity index (χ1n) is 4.13. The largest absolute Gasteiger partial charge is 0.480 e. The molecule has 9 heteroatoms. The Bertz CT molecular complexity index is 376. The van der Waals surface area contributed by atoms with Crippen molar-refractivity contribution in [2.75, 3.05) is 13.2 Å². The lowest BCUT2D eigenvalue weighted by molar-refractivity contribution is -0.169. The van der Waals surface area contributed by atoms with Crippen LogP contribution in [0.3, 0.4) is 0 Å². The van der Waals surface area contributed by atoms with Gasteiger partial charge in [0, 0.05) is 10.7 Å². The Hall–Kier alpha value is -0.860. The van der Waals surface area contributed by atoms with Gasteiger partial charge in [0.15, 0.2) is 5.41 Å². The average molecular weight is 275 g/mol. The fourth-order valence-electron chi connectivity index (χ4n) is 0.687. The highest BCUT2D eigenvalue weighted by atomic mass is 35.7. The van der Waals surface area contributed by atoms with Crippen LogP contribution in [0.25, 0.3) is 0 Å². The standard InChI is InChI=1S/C7H11ClO7S/c1-3-14-6(11)7(2,5(9)10)4-15-16(8,12)13/h3-4H2,1-2H3,(H,9,10). The Balaban J connectivity index is 4.84. The SMILES string of the molecule is CCOC(=O)C(C)(COS(=O)(=O)Cl)C(=O)O. The number of carboxylic acids is 1. The molecule has 0 aromatic rings. The normalized spacial score (nSPS) is 15.2. The third-order valence-corrected chi connectivity index (χ3v) is 2.35. The van der Waals surface area contributed by atoms with E-state index in [0.717, 1.165) is 6.92 Å². The van der Waals surface area contributed by atoms with Gasteiger partial charge in [0.2, 0.25) is 0 Å². The predicted octanol–water partition coefficient (Wildman–Crippen LogP) is 0.141. The van der Waals surface area contributed by atoms with Gasteiger partial charge >= 0.3 is 21.3 Å². The molecule has 0 fully saturated rings. The van der Waals surface area contributed by atoms with Crippen molar-refractivity contribution in [3.8, 4) is 0 Å². The van der Waals surface area contributed by atoms with Crippen LogP contribution in [0.15, 0.2) is 0 Å². The van der Waals surface area contributed by atoms with Crippen LogP contribution in [0.5, 0.6) is 0 Å². The summed E-state index contributed by atoms with van der Waals surface area (Å²) in [5.74, 6) is -2.66. The number of hydrogen-bond donors (Lipinski definition) is 1. The molecule has 0 spiro atoms. The minimum atomic E-state index is -4.34. The van der Waals surface area contributed by atoms with Crippen LogP contribution < -0.4 is 0 Å². The molecular weight excluding hydrogens is 264 g/mol. The summed E-state index contributed by atoms with van der Waals surface area (Å²) >= 11 is 0. The molecule has 94 valence electrons. The number of aliphatic carboxylic acids is 1. The summed E-state index contributed by atoms with van der Waals surface area (Å²) in [6, 6.07) is 0. The second-order valence-electron chi connectivity index (χ2n) is 3.01. The second-order valence-corrected chi connectivity index (χ2v) is 5.17. The van der Waals surface area contributed by atoms with Gasteiger partial charge in [-0.05, 0) is 13.8 Å². The quantitative estimate of drug-likeness (QED) is 0.417. The number of esters is 1. The molecular formula is C7H11ClO7S. The smallest absolute Gasteiger partial charge is 0.355 e. The number of ether oxygens (including phenoxy) is 1. The molecule has 0 aliphatic rings. The Kier molecular flexibility index (Phi) is 5.17. The molecule has 0 aliphatic carbocycles. The van der Waals surface area contributed by atoms with Crippen LogP contribution in [-0.2, 0) is 27.8 Å². The number of rotatable bonds is 6. The molecule has 16 heavy (non-hydrogen) atoms. The zero-order chi connectivity index (χ0) is 13.0. The predicted molar refractivity (Wildman–Crippen MR) is 53.1 cm³/mol. The molecule has 1 atom stereocenters. The van der Waals surface area contributed by atoms with Crippen LogP contribution in [0.4, 0.5) is 0 Å². The lowest BCUT2D eigenvalue weighted by Crippen LogP contribution is -2.42.